The summed E-state index contributed by atoms with van der Waals surface area (Å²) >= 11 is 0. The molecule has 0 unspecified atom stereocenters. The van der Waals surface area contributed by atoms with Crippen LogP contribution in [0.3, 0.4) is 0 Å². The van der Waals surface area contributed by atoms with Crippen molar-refractivity contribution in [3.05, 3.63) is 65.7 Å². The molecule has 0 heterocycles. The number of carbonyl (C=O) groups is 1. The third-order valence-corrected chi connectivity index (χ3v) is 3.73. The van der Waals surface area contributed by atoms with Crippen LogP contribution in [0.5, 0.6) is 0 Å². The van der Waals surface area contributed by atoms with Crippen molar-refractivity contribution >= 4 is 11.5 Å². The normalized spacial score (nSPS) is 11.2. The summed E-state index contributed by atoms with van der Waals surface area (Å²) in [5.41, 5.74) is 2.72. The first-order chi connectivity index (χ1) is 9.90. The second-order valence-electron chi connectivity index (χ2n) is 6.27. The topological polar surface area (TPSA) is 20.3 Å². The molecule has 2 heteroatoms. The van der Waals surface area contributed by atoms with Crippen LogP contribution >= 0.6 is 0 Å². The molecule has 110 valence electrons. The van der Waals surface area contributed by atoms with Crippen molar-refractivity contribution in [2.45, 2.75) is 20.8 Å². The molecule has 0 aliphatic heterocycles. The van der Waals surface area contributed by atoms with E-state index >= 15 is 0 Å². The number of carbonyl (C=O) groups excluding carboxylic acids is 1. The summed E-state index contributed by atoms with van der Waals surface area (Å²) < 4.78 is 0. The van der Waals surface area contributed by atoms with Crippen LogP contribution in [0.15, 0.2) is 54.6 Å². The Morgan fingerprint density at radius 3 is 2.33 bits per heavy atom. The fraction of sp³-hybridized carbons (Fsp3) is 0.316. The Kier molecular flexibility index (Phi) is 4.46. The third kappa shape index (κ3) is 3.72. The van der Waals surface area contributed by atoms with Crippen LogP contribution in [0, 0.1) is 12.3 Å². The number of nitrogens with zero attached hydrogens (tertiary/aromatic N) is 1. The Bertz CT molecular complexity index is 616. The van der Waals surface area contributed by atoms with Gasteiger partial charge in [0.2, 0.25) is 0 Å². The first-order valence-corrected chi connectivity index (χ1v) is 7.28. The predicted octanol–water partition coefficient (Wildman–Crippen LogP) is 4.34. The summed E-state index contributed by atoms with van der Waals surface area (Å²) in [6, 6.07) is 17.9. The number of aryl methyl sites for hydroxylation is 1. The van der Waals surface area contributed by atoms with Gasteiger partial charge in [0.05, 0.1) is 0 Å². The van der Waals surface area contributed by atoms with E-state index in [2.05, 4.69) is 30.0 Å². The molecule has 0 aliphatic carbocycles. The summed E-state index contributed by atoms with van der Waals surface area (Å²) in [5, 5.41) is 0. The lowest BCUT2D eigenvalue weighted by Crippen LogP contribution is -2.37. The smallest absolute Gasteiger partial charge is 0.170 e. The van der Waals surface area contributed by atoms with Gasteiger partial charge in [-0.15, -0.1) is 0 Å². The first-order valence-electron chi connectivity index (χ1n) is 7.28. The van der Waals surface area contributed by atoms with Crippen molar-refractivity contribution < 1.29 is 4.79 Å². The van der Waals surface area contributed by atoms with Crippen LogP contribution in [-0.4, -0.2) is 19.4 Å². The van der Waals surface area contributed by atoms with Crippen LogP contribution < -0.4 is 4.90 Å². The van der Waals surface area contributed by atoms with E-state index in [1.54, 1.807) is 0 Å². The number of Topliss-reactive ketones (excluding diaryl/α,β-unsaturated/α-hetero) is 1. The quantitative estimate of drug-likeness (QED) is 0.760. The number of rotatable bonds is 5. The molecule has 0 fully saturated rings. The van der Waals surface area contributed by atoms with Crippen molar-refractivity contribution in [1.29, 1.82) is 0 Å². The van der Waals surface area contributed by atoms with Crippen molar-refractivity contribution in [3.8, 4) is 0 Å². The summed E-state index contributed by atoms with van der Waals surface area (Å²) in [4.78, 5) is 14.8. The first kappa shape index (κ1) is 15.3. The van der Waals surface area contributed by atoms with Gasteiger partial charge in [0.15, 0.2) is 5.78 Å². The molecule has 2 rings (SSSR count). The monoisotopic (exact) mass is 281 g/mol. The Hall–Kier alpha value is -2.09. The SMILES string of the molecule is Cc1cccc(N(C)CC(C)(C)C(=O)c2ccccc2)c1. The van der Waals surface area contributed by atoms with Gasteiger partial charge in [-0.3, -0.25) is 4.79 Å². The van der Waals surface area contributed by atoms with Crippen molar-refractivity contribution in [2.75, 3.05) is 18.5 Å². The molecule has 0 aromatic heterocycles. The minimum absolute atomic E-state index is 0.183. The largest absolute Gasteiger partial charge is 0.374 e. The highest BCUT2D eigenvalue weighted by Crippen LogP contribution is 2.25. The van der Waals surface area contributed by atoms with Crippen molar-refractivity contribution in [2.24, 2.45) is 5.41 Å². The molecule has 21 heavy (non-hydrogen) atoms. The number of benzene rings is 2. The molecule has 2 aromatic rings. The molecule has 0 saturated heterocycles. The summed E-state index contributed by atoms with van der Waals surface area (Å²) in [6.45, 7) is 6.78. The average molecular weight is 281 g/mol. The van der Waals surface area contributed by atoms with E-state index in [9.17, 15) is 4.79 Å². The van der Waals surface area contributed by atoms with Gasteiger partial charge in [0.1, 0.15) is 0 Å². The maximum Gasteiger partial charge on any atom is 0.170 e. The molecule has 0 atom stereocenters. The zero-order chi connectivity index (χ0) is 15.5. The maximum absolute atomic E-state index is 12.7. The highest BCUT2D eigenvalue weighted by Gasteiger charge is 2.30. The highest BCUT2D eigenvalue weighted by atomic mass is 16.1. The van der Waals surface area contributed by atoms with E-state index in [1.165, 1.54) is 5.56 Å². The highest BCUT2D eigenvalue weighted by molar-refractivity contribution is 6.00. The lowest BCUT2D eigenvalue weighted by molar-refractivity contribution is 0.0846. The van der Waals surface area contributed by atoms with Crippen LogP contribution in [0.4, 0.5) is 5.69 Å². The Morgan fingerprint density at radius 1 is 1.05 bits per heavy atom. The van der Waals surface area contributed by atoms with E-state index in [0.717, 1.165) is 11.3 Å². The molecular formula is C19H23NO. The zero-order valence-electron chi connectivity index (χ0n) is 13.3. The Labute approximate surface area is 127 Å². The molecule has 0 saturated carbocycles. The van der Waals surface area contributed by atoms with Gasteiger partial charge in [-0.25, -0.2) is 0 Å². The van der Waals surface area contributed by atoms with E-state index in [4.69, 9.17) is 0 Å². The van der Waals surface area contributed by atoms with Crippen molar-refractivity contribution in [3.63, 3.8) is 0 Å². The van der Waals surface area contributed by atoms with E-state index < -0.39 is 5.41 Å². The predicted molar refractivity (Wildman–Crippen MR) is 89.0 cm³/mol. The summed E-state index contributed by atoms with van der Waals surface area (Å²) in [6.07, 6.45) is 0. The van der Waals surface area contributed by atoms with Crippen LogP contribution in [0.1, 0.15) is 29.8 Å². The van der Waals surface area contributed by atoms with E-state index in [1.807, 2.05) is 57.3 Å². The molecule has 0 radical (unpaired) electrons. The maximum atomic E-state index is 12.7. The molecule has 2 aromatic carbocycles. The second-order valence-corrected chi connectivity index (χ2v) is 6.27. The number of ketones is 1. The van der Waals surface area contributed by atoms with Gasteiger partial charge in [-0.05, 0) is 24.6 Å². The van der Waals surface area contributed by atoms with Crippen LogP contribution in [0.25, 0.3) is 0 Å². The molecule has 0 amide bonds. The number of anilines is 1. The molecule has 0 spiro atoms. The van der Waals surface area contributed by atoms with Gasteiger partial charge >= 0.3 is 0 Å². The third-order valence-electron chi connectivity index (χ3n) is 3.73. The molecule has 0 bridgehead atoms. The fourth-order valence-corrected chi connectivity index (χ4v) is 2.60. The van der Waals surface area contributed by atoms with E-state index in [-0.39, 0.29) is 5.78 Å². The summed E-state index contributed by atoms with van der Waals surface area (Å²) in [7, 11) is 2.04. The lowest BCUT2D eigenvalue weighted by atomic mass is 9.83. The van der Waals surface area contributed by atoms with Crippen LogP contribution in [0.2, 0.25) is 0 Å². The number of hydrogen-bond acceptors (Lipinski definition) is 2. The average Bonchev–Trinajstić information content (AvgIpc) is 2.47. The van der Waals surface area contributed by atoms with E-state index in [0.29, 0.717) is 6.54 Å². The lowest BCUT2D eigenvalue weighted by Gasteiger charge is -2.30. The van der Waals surface area contributed by atoms with Crippen LogP contribution in [-0.2, 0) is 0 Å². The van der Waals surface area contributed by atoms with Crippen molar-refractivity contribution in [1.82, 2.24) is 0 Å². The second kappa shape index (κ2) is 6.13. The Balaban J connectivity index is 2.15. The fourth-order valence-electron chi connectivity index (χ4n) is 2.60. The number of hydrogen-bond donors (Lipinski definition) is 0. The van der Waals surface area contributed by atoms with Gasteiger partial charge in [-0.2, -0.15) is 0 Å². The summed E-state index contributed by atoms with van der Waals surface area (Å²) in [5.74, 6) is 0.183. The van der Waals surface area contributed by atoms with Gasteiger partial charge < -0.3 is 4.90 Å². The van der Waals surface area contributed by atoms with Gasteiger partial charge in [0.25, 0.3) is 0 Å². The molecule has 0 N–H and O–H groups in total. The Morgan fingerprint density at radius 2 is 1.71 bits per heavy atom. The van der Waals surface area contributed by atoms with Gasteiger partial charge in [0, 0.05) is 30.3 Å². The standard InChI is InChI=1S/C19H23NO/c1-15-9-8-12-17(13-15)20(4)14-19(2,3)18(21)16-10-6-5-7-11-16/h5-13H,14H2,1-4H3. The van der Waals surface area contributed by atoms with Gasteiger partial charge in [-0.1, -0.05) is 56.3 Å². The zero-order valence-corrected chi connectivity index (χ0v) is 13.3. The molecule has 0 aliphatic rings. The minimum Gasteiger partial charge on any atom is -0.374 e. The minimum atomic E-state index is -0.431. The molecular weight excluding hydrogens is 258 g/mol. The molecule has 2 nitrogen and oxygen atoms in total.